The van der Waals surface area contributed by atoms with Crippen LogP contribution in [0.25, 0.3) is 0 Å². The molecule has 0 aliphatic rings. The van der Waals surface area contributed by atoms with Gasteiger partial charge in [-0.2, -0.15) is 0 Å². The van der Waals surface area contributed by atoms with E-state index in [1.807, 2.05) is 0 Å². The molecule has 2 aromatic rings. The Labute approximate surface area is 118 Å². The van der Waals surface area contributed by atoms with Crippen LogP contribution < -0.4 is 11.1 Å². The minimum Gasteiger partial charge on any atom is -0.507 e. The first kappa shape index (κ1) is 13.4. The predicted molar refractivity (Wildman–Crippen MR) is 77.1 cm³/mol. The molecule has 4 N–H and O–H groups in total. The number of pyridine rings is 1. The van der Waals surface area contributed by atoms with E-state index in [0.717, 1.165) is 5.56 Å². The average Bonchev–Trinajstić information content (AvgIpc) is 2.32. The standard InChI is InChI=1S/C13H12BrN3O2/c1-7-4-9(15)6-16-12(7)17-13(19)10-3-2-8(14)5-11(10)18/h2-6,18H,15H2,1H3,(H,16,17,19). The van der Waals surface area contributed by atoms with Crippen molar-refractivity contribution in [3.8, 4) is 5.75 Å². The molecule has 0 aliphatic heterocycles. The molecule has 5 nitrogen and oxygen atoms in total. The number of aromatic hydroxyl groups is 1. The van der Waals surface area contributed by atoms with Gasteiger partial charge in [-0.05, 0) is 36.8 Å². The van der Waals surface area contributed by atoms with E-state index in [2.05, 4.69) is 26.2 Å². The van der Waals surface area contributed by atoms with Crippen molar-refractivity contribution >= 4 is 33.3 Å². The molecule has 0 saturated heterocycles. The topological polar surface area (TPSA) is 88.2 Å². The van der Waals surface area contributed by atoms with Crippen LogP contribution in [-0.2, 0) is 0 Å². The van der Waals surface area contributed by atoms with Gasteiger partial charge in [0.2, 0.25) is 0 Å². The second-order valence-electron chi connectivity index (χ2n) is 4.05. The van der Waals surface area contributed by atoms with Gasteiger partial charge >= 0.3 is 0 Å². The van der Waals surface area contributed by atoms with Crippen LogP contribution in [-0.4, -0.2) is 16.0 Å². The van der Waals surface area contributed by atoms with E-state index in [-0.39, 0.29) is 11.3 Å². The van der Waals surface area contributed by atoms with Gasteiger partial charge in [0, 0.05) is 4.47 Å². The number of amides is 1. The predicted octanol–water partition coefficient (Wildman–Crippen LogP) is 2.69. The number of nitrogens with two attached hydrogens (primary N) is 1. The van der Waals surface area contributed by atoms with Crippen LogP contribution in [0.15, 0.2) is 34.9 Å². The fraction of sp³-hybridized carbons (Fsp3) is 0.0769. The molecule has 6 heteroatoms. The van der Waals surface area contributed by atoms with E-state index in [1.165, 1.54) is 18.3 Å². The lowest BCUT2D eigenvalue weighted by Gasteiger charge is -2.09. The highest BCUT2D eigenvalue weighted by molar-refractivity contribution is 9.10. The number of nitrogens with one attached hydrogen (secondary N) is 1. The summed E-state index contributed by atoms with van der Waals surface area (Å²) in [6.45, 7) is 1.79. The highest BCUT2D eigenvalue weighted by Crippen LogP contribution is 2.23. The molecule has 1 aromatic carbocycles. The molecule has 1 aromatic heterocycles. The zero-order chi connectivity index (χ0) is 14.0. The maximum atomic E-state index is 12.0. The number of phenolic OH excluding ortho intramolecular Hbond substituents is 1. The summed E-state index contributed by atoms with van der Waals surface area (Å²) >= 11 is 3.21. The fourth-order valence-corrected chi connectivity index (χ4v) is 1.95. The van der Waals surface area contributed by atoms with Gasteiger partial charge in [-0.3, -0.25) is 4.79 Å². The van der Waals surface area contributed by atoms with E-state index < -0.39 is 5.91 Å². The molecular weight excluding hydrogens is 310 g/mol. The lowest BCUT2D eigenvalue weighted by molar-refractivity contribution is 0.102. The molecule has 0 atom stereocenters. The number of hydrogen-bond acceptors (Lipinski definition) is 4. The monoisotopic (exact) mass is 321 g/mol. The lowest BCUT2D eigenvalue weighted by Crippen LogP contribution is -2.14. The number of phenols is 1. The summed E-state index contributed by atoms with van der Waals surface area (Å²) in [5.41, 5.74) is 7.06. The number of hydrogen-bond donors (Lipinski definition) is 3. The molecule has 0 fully saturated rings. The summed E-state index contributed by atoms with van der Waals surface area (Å²) in [5, 5.41) is 12.4. The Morgan fingerprint density at radius 1 is 1.42 bits per heavy atom. The molecule has 0 spiro atoms. The number of aryl methyl sites for hydroxylation is 1. The maximum Gasteiger partial charge on any atom is 0.260 e. The number of nitrogen functional groups attached to an aromatic ring is 1. The molecule has 0 unspecified atom stereocenters. The Morgan fingerprint density at radius 2 is 2.16 bits per heavy atom. The molecule has 0 aliphatic carbocycles. The van der Waals surface area contributed by atoms with Crippen molar-refractivity contribution < 1.29 is 9.90 Å². The second kappa shape index (κ2) is 5.27. The molecule has 1 amide bonds. The molecule has 98 valence electrons. The van der Waals surface area contributed by atoms with E-state index in [0.29, 0.717) is 16.0 Å². The number of anilines is 2. The maximum absolute atomic E-state index is 12.0. The third kappa shape index (κ3) is 3.03. The summed E-state index contributed by atoms with van der Waals surface area (Å²) in [6.07, 6.45) is 1.46. The van der Waals surface area contributed by atoms with Gasteiger partial charge < -0.3 is 16.2 Å². The van der Waals surface area contributed by atoms with Crippen molar-refractivity contribution in [3.05, 3.63) is 46.1 Å². The molecule has 0 saturated carbocycles. The van der Waals surface area contributed by atoms with E-state index in [4.69, 9.17) is 5.73 Å². The second-order valence-corrected chi connectivity index (χ2v) is 4.97. The van der Waals surface area contributed by atoms with Gasteiger partial charge in [0.1, 0.15) is 11.6 Å². The van der Waals surface area contributed by atoms with Gasteiger partial charge in [0.15, 0.2) is 0 Å². The van der Waals surface area contributed by atoms with Crippen LogP contribution in [0.4, 0.5) is 11.5 Å². The summed E-state index contributed by atoms with van der Waals surface area (Å²) < 4.78 is 0.698. The first-order valence-corrected chi connectivity index (χ1v) is 6.28. The molecule has 19 heavy (non-hydrogen) atoms. The normalized spacial score (nSPS) is 10.2. The van der Waals surface area contributed by atoms with Crippen LogP contribution in [0.2, 0.25) is 0 Å². The van der Waals surface area contributed by atoms with Gasteiger partial charge in [-0.1, -0.05) is 15.9 Å². The summed E-state index contributed by atoms with van der Waals surface area (Å²) in [5.74, 6) is -0.105. The van der Waals surface area contributed by atoms with Gasteiger partial charge in [-0.15, -0.1) is 0 Å². The minimum atomic E-state index is -0.426. The number of carbonyl (C=O) groups is 1. The zero-order valence-electron chi connectivity index (χ0n) is 10.1. The molecule has 1 heterocycles. The quantitative estimate of drug-likeness (QED) is 0.793. The average molecular weight is 322 g/mol. The summed E-state index contributed by atoms with van der Waals surface area (Å²) in [6, 6.07) is 6.38. The molecule has 0 radical (unpaired) electrons. The van der Waals surface area contributed by atoms with E-state index in [1.54, 1.807) is 19.1 Å². The minimum absolute atomic E-state index is 0.0972. The lowest BCUT2D eigenvalue weighted by atomic mass is 10.2. The Bertz CT molecular complexity index is 644. The van der Waals surface area contributed by atoms with Gasteiger partial charge in [0.25, 0.3) is 5.91 Å². The van der Waals surface area contributed by atoms with Gasteiger partial charge in [-0.25, -0.2) is 4.98 Å². The highest BCUT2D eigenvalue weighted by atomic mass is 79.9. The number of nitrogens with zero attached hydrogens (tertiary/aromatic N) is 1. The Morgan fingerprint density at radius 3 is 2.79 bits per heavy atom. The number of benzene rings is 1. The first-order chi connectivity index (χ1) is 8.97. The summed E-state index contributed by atoms with van der Waals surface area (Å²) in [4.78, 5) is 16.1. The number of carbonyl (C=O) groups excluding carboxylic acids is 1. The van der Waals surface area contributed by atoms with Crippen LogP contribution >= 0.6 is 15.9 Å². The summed E-state index contributed by atoms with van der Waals surface area (Å²) in [7, 11) is 0. The third-order valence-electron chi connectivity index (χ3n) is 2.54. The number of rotatable bonds is 2. The van der Waals surface area contributed by atoms with Crippen LogP contribution in [0.3, 0.4) is 0 Å². The molecular formula is C13H12BrN3O2. The van der Waals surface area contributed by atoms with E-state index in [9.17, 15) is 9.90 Å². The highest BCUT2D eigenvalue weighted by Gasteiger charge is 2.13. The SMILES string of the molecule is Cc1cc(N)cnc1NC(=O)c1ccc(Br)cc1O. The van der Waals surface area contributed by atoms with Crippen molar-refractivity contribution in [1.82, 2.24) is 4.98 Å². The Balaban J connectivity index is 2.25. The third-order valence-corrected chi connectivity index (χ3v) is 3.03. The van der Waals surface area contributed by atoms with Crippen molar-refractivity contribution in [2.75, 3.05) is 11.1 Å². The van der Waals surface area contributed by atoms with Gasteiger partial charge in [0.05, 0.1) is 17.4 Å². The number of halogens is 1. The fourth-order valence-electron chi connectivity index (χ4n) is 1.60. The molecule has 2 rings (SSSR count). The van der Waals surface area contributed by atoms with Crippen molar-refractivity contribution in [2.24, 2.45) is 0 Å². The van der Waals surface area contributed by atoms with Crippen LogP contribution in [0, 0.1) is 6.92 Å². The zero-order valence-corrected chi connectivity index (χ0v) is 11.7. The Hall–Kier alpha value is -2.08. The molecule has 0 bridgehead atoms. The van der Waals surface area contributed by atoms with Crippen molar-refractivity contribution in [3.63, 3.8) is 0 Å². The van der Waals surface area contributed by atoms with Crippen molar-refractivity contribution in [2.45, 2.75) is 6.92 Å². The largest absolute Gasteiger partial charge is 0.507 e. The van der Waals surface area contributed by atoms with Crippen molar-refractivity contribution in [1.29, 1.82) is 0 Å². The Kier molecular flexibility index (Phi) is 3.71. The van der Waals surface area contributed by atoms with E-state index >= 15 is 0 Å². The van der Waals surface area contributed by atoms with Crippen LogP contribution in [0.5, 0.6) is 5.75 Å². The smallest absolute Gasteiger partial charge is 0.260 e. The number of aromatic nitrogens is 1. The first-order valence-electron chi connectivity index (χ1n) is 5.49. The van der Waals surface area contributed by atoms with Crippen LogP contribution in [0.1, 0.15) is 15.9 Å².